The van der Waals surface area contributed by atoms with E-state index in [1.54, 1.807) is 0 Å². The Morgan fingerprint density at radius 2 is 1.11 bits per heavy atom. The Labute approximate surface area is 211 Å². The van der Waals surface area contributed by atoms with Crippen LogP contribution in [0.5, 0.6) is 0 Å². The van der Waals surface area contributed by atoms with Crippen LogP contribution in [0.25, 0.3) is 22.5 Å². The molecule has 6 nitrogen and oxygen atoms in total. The molecule has 0 aliphatic carbocycles. The van der Waals surface area contributed by atoms with E-state index in [2.05, 4.69) is 96.6 Å². The van der Waals surface area contributed by atoms with Crippen molar-refractivity contribution in [3.05, 3.63) is 83.7 Å². The van der Waals surface area contributed by atoms with Gasteiger partial charge in [-0.15, -0.1) is 0 Å². The largest absolute Gasteiger partial charge is 0.341 e. The second-order valence-corrected chi connectivity index (χ2v) is 11.1. The fraction of sp³-hybridized carbons (Fsp3) is 0.333. The minimum absolute atomic E-state index is 0.382. The molecule has 2 aromatic carbocycles. The molecule has 6 rings (SSSR count). The topological polar surface area (TPSA) is 63.8 Å². The zero-order valence-electron chi connectivity index (χ0n) is 19.8. The Hall–Kier alpha value is -2.36. The van der Waals surface area contributed by atoms with E-state index in [1.807, 2.05) is 12.4 Å². The molecule has 2 unspecified atom stereocenters. The number of rotatable bonds is 6. The second kappa shape index (κ2) is 9.95. The standard InChI is InChI=1S/C27H32N6P2/c34-32-13-1-3-24(32)26-28-16-22(30-26)20-9-5-18(6-10-20)15-19-7-11-21(12-8-19)23-17-29-27(31-23)25-4-2-14-33(25)35/h5-12,16-17,24-25H,1-4,13-15,34-35H2,(H,28,30)(H,29,31)/t24-,25-/m0/s1. The number of H-pyrrole nitrogens is 2. The summed E-state index contributed by atoms with van der Waals surface area (Å²) in [5, 5.41) is 0. The number of imidazole rings is 2. The quantitative estimate of drug-likeness (QED) is 0.322. The van der Waals surface area contributed by atoms with Gasteiger partial charge < -0.3 is 9.97 Å². The fourth-order valence-corrected chi connectivity index (χ4v) is 6.26. The van der Waals surface area contributed by atoms with Gasteiger partial charge in [-0.2, -0.15) is 0 Å². The molecule has 0 saturated carbocycles. The van der Waals surface area contributed by atoms with Crippen LogP contribution in [0.15, 0.2) is 60.9 Å². The highest BCUT2D eigenvalue weighted by Gasteiger charge is 2.26. The maximum Gasteiger partial charge on any atom is 0.124 e. The predicted octanol–water partition coefficient (Wildman–Crippen LogP) is 5.91. The third-order valence-corrected chi connectivity index (χ3v) is 8.58. The van der Waals surface area contributed by atoms with Gasteiger partial charge in [-0.1, -0.05) is 67.3 Å². The third-order valence-electron chi connectivity index (χ3n) is 7.35. The number of aromatic amines is 2. The summed E-state index contributed by atoms with van der Waals surface area (Å²) in [5.74, 6) is 2.13. The third kappa shape index (κ3) is 4.86. The molecule has 0 spiro atoms. The average Bonchev–Trinajstić information content (AvgIpc) is 3.67. The predicted molar refractivity (Wildman–Crippen MR) is 148 cm³/mol. The fourth-order valence-electron chi connectivity index (χ4n) is 5.31. The van der Waals surface area contributed by atoms with Crippen LogP contribution in [0.1, 0.15) is 60.5 Å². The maximum absolute atomic E-state index is 4.65. The van der Waals surface area contributed by atoms with Crippen molar-refractivity contribution in [2.45, 2.75) is 44.2 Å². The highest BCUT2D eigenvalue weighted by molar-refractivity contribution is 7.13. The molecular weight excluding hydrogens is 470 g/mol. The summed E-state index contributed by atoms with van der Waals surface area (Å²) in [4.78, 5) is 16.4. The Bertz CT molecular complexity index is 1180. The summed E-state index contributed by atoms with van der Waals surface area (Å²) in [6.07, 6.45) is 9.60. The van der Waals surface area contributed by atoms with Gasteiger partial charge in [0.2, 0.25) is 0 Å². The van der Waals surface area contributed by atoms with Crippen molar-refractivity contribution < 1.29 is 0 Å². The molecule has 0 amide bonds. The summed E-state index contributed by atoms with van der Waals surface area (Å²) in [6.45, 7) is 2.22. The van der Waals surface area contributed by atoms with Gasteiger partial charge in [0.15, 0.2) is 0 Å². The van der Waals surface area contributed by atoms with Crippen molar-refractivity contribution >= 4 is 18.8 Å². The molecule has 2 aromatic heterocycles. The zero-order chi connectivity index (χ0) is 23.8. The summed E-state index contributed by atoms with van der Waals surface area (Å²) in [7, 11) is 5.67. The second-order valence-electron chi connectivity index (χ2n) is 9.73. The van der Waals surface area contributed by atoms with E-state index in [0.29, 0.717) is 12.1 Å². The van der Waals surface area contributed by atoms with Gasteiger partial charge in [0, 0.05) is 13.1 Å². The first-order valence-corrected chi connectivity index (χ1v) is 13.5. The first-order valence-electron chi connectivity index (χ1n) is 12.4. The van der Waals surface area contributed by atoms with Crippen LogP contribution >= 0.6 is 18.8 Å². The Kier molecular flexibility index (Phi) is 6.56. The summed E-state index contributed by atoms with van der Waals surface area (Å²) in [5.41, 5.74) is 7.14. The van der Waals surface area contributed by atoms with Crippen LogP contribution in [0.3, 0.4) is 0 Å². The normalized spacial score (nSPS) is 21.2. The summed E-state index contributed by atoms with van der Waals surface area (Å²) in [6, 6.07) is 18.4. The minimum Gasteiger partial charge on any atom is -0.341 e. The number of benzene rings is 2. The first-order chi connectivity index (χ1) is 17.1. The number of hydrogen-bond donors (Lipinski definition) is 2. The molecule has 2 aliphatic heterocycles. The van der Waals surface area contributed by atoms with Crippen LogP contribution in [0.2, 0.25) is 0 Å². The highest BCUT2D eigenvalue weighted by Crippen LogP contribution is 2.35. The van der Waals surface area contributed by atoms with Gasteiger partial charge in [-0.3, -0.25) is 9.34 Å². The van der Waals surface area contributed by atoms with E-state index in [-0.39, 0.29) is 0 Å². The van der Waals surface area contributed by atoms with E-state index in [9.17, 15) is 0 Å². The molecule has 0 bridgehead atoms. The molecule has 180 valence electrons. The van der Waals surface area contributed by atoms with Gasteiger partial charge >= 0.3 is 0 Å². The first kappa shape index (κ1) is 23.1. The van der Waals surface area contributed by atoms with Crippen LogP contribution < -0.4 is 0 Å². The molecule has 2 fully saturated rings. The maximum atomic E-state index is 4.65. The van der Waals surface area contributed by atoms with Crippen LogP contribution in [0, 0.1) is 0 Å². The van der Waals surface area contributed by atoms with Crippen LogP contribution in [-0.2, 0) is 6.42 Å². The molecule has 2 saturated heterocycles. The van der Waals surface area contributed by atoms with E-state index in [4.69, 9.17) is 0 Å². The van der Waals surface area contributed by atoms with Gasteiger partial charge in [-0.05, 0) is 54.4 Å². The highest BCUT2D eigenvalue weighted by atomic mass is 31.0. The lowest BCUT2D eigenvalue weighted by Gasteiger charge is -2.16. The molecular formula is C27H32N6P2. The monoisotopic (exact) mass is 502 g/mol. The number of hydrogen-bond acceptors (Lipinski definition) is 4. The van der Waals surface area contributed by atoms with Crippen molar-refractivity contribution in [1.29, 1.82) is 0 Å². The van der Waals surface area contributed by atoms with Crippen molar-refractivity contribution in [2.24, 2.45) is 0 Å². The number of nitrogens with zero attached hydrogens (tertiary/aromatic N) is 4. The molecule has 35 heavy (non-hydrogen) atoms. The number of nitrogens with one attached hydrogen (secondary N) is 2. The molecule has 4 aromatic rings. The SMILES string of the molecule is PN1CCC[C@H]1c1ncc(-c2ccc(Cc3ccc(-c4cnc([C@@H]5CCCN5P)[nH]4)cc3)cc2)[nH]1. The van der Waals surface area contributed by atoms with E-state index >= 15 is 0 Å². The molecule has 0 radical (unpaired) electrons. The lowest BCUT2D eigenvalue weighted by Crippen LogP contribution is -2.12. The molecule has 2 N–H and O–H groups in total. The van der Waals surface area contributed by atoms with E-state index in [1.165, 1.54) is 35.1 Å². The molecule has 2 aliphatic rings. The van der Waals surface area contributed by atoms with E-state index < -0.39 is 0 Å². The summed E-state index contributed by atoms with van der Waals surface area (Å²) >= 11 is 0. The van der Waals surface area contributed by atoms with Gasteiger partial charge in [0.25, 0.3) is 0 Å². The van der Waals surface area contributed by atoms with Gasteiger partial charge in [0.1, 0.15) is 11.6 Å². The van der Waals surface area contributed by atoms with Crippen molar-refractivity contribution in [3.8, 4) is 22.5 Å². The lowest BCUT2D eigenvalue weighted by molar-refractivity contribution is 0.434. The van der Waals surface area contributed by atoms with Gasteiger partial charge in [-0.25, -0.2) is 9.97 Å². The van der Waals surface area contributed by atoms with Crippen molar-refractivity contribution in [2.75, 3.05) is 13.1 Å². The zero-order valence-corrected chi connectivity index (χ0v) is 22.1. The Morgan fingerprint density at radius 3 is 1.49 bits per heavy atom. The summed E-state index contributed by atoms with van der Waals surface area (Å²) < 4.78 is 4.60. The number of aromatic nitrogens is 4. The van der Waals surface area contributed by atoms with Crippen molar-refractivity contribution in [1.82, 2.24) is 29.3 Å². The van der Waals surface area contributed by atoms with Crippen molar-refractivity contribution in [3.63, 3.8) is 0 Å². The Morgan fingerprint density at radius 1 is 0.686 bits per heavy atom. The van der Waals surface area contributed by atoms with Crippen LogP contribution in [-0.4, -0.2) is 42.4 Å². The lowest BCUT2D eigenvalue weighted by atomic mass is 10.0. The smallest absolute Gasteiger partial charge is 0.124 e. The molecule has 4 heterocycles. The molecule has 8 heteroatoms. The Balaban J connectivity index is 1.11. The minimum atomic E-state index is 0.382. The van der Waals surface area contributed by atoms with Gasteiger partial charge in [0.05, 0.1) is 35.9 Å². The average molecular weight is 503 g/mol. The molecule has 4 atom stereocenters. The van der Waals surface area contributed by atoms with Crippen LogP contribution in [0.4, 0.5) is 0 Å². The van der Waals surface area contributed by atoms with E-state index in [0.717, 1.165) is 55.4 Å².